The van der Waals surface area contributed by atoms with Gasteiger partial charge in [-0.15, -0.1) is 0 Å². The number of nitrogens with two attached hydrogens (primary N) is 1. The number of nitrogens with one attached hydrogen (secondary N) is 3. The Hall–Kier alpha value is -4.42. The van der Waals surface area contributed by atoms with Crippen molar-refractivity contribution in [1.82, 2.24) is 9.97 Å². The van der Waals surface area contributed by atoms with E-state index in [4.69, 9.17) is 15.2 Å². The molecule has 3 aromatic carbocycles. The Morgan fingerprint density at radius 3 is 2.13 bits per heavy atom. The van der Waals surface area contributed by atoms with Crippen molar-refractivity contribution in [3.63, 3.8) is 0 Å². The number of aromatic nitrogens is 2. The van der Waals surface area contributed by atoms with Crippen LogP contribution in [0.1, 0.15) is 13.3 Å². The minimum absolute atomic E-state index is 0.0204. The lowest BCUT2D eigenvalue weighted by molar-refractivity contribution is -0.117. The van der Waals surface area contributed by atoms with Crippen LogP contribution in [0, 0.1) is 0 Å². The molecule has 5 N–H and O–H groups in total. The van der Waals surface area contributed by atoms with Gasteiger partial charge in [0.2, 0.25) is 5.91 Å². The van der Waals surface area contributed by atoms with E-state index in [0.29, 0.717) is 40.3 Å². The Bertz CT molecular complexity index is 1560. The highest BCUT2D eigenvalue weighted by Gasteiger charge is 2.21. The molecule has 1 aromatic heterocycles. The van der Waals surface area contributed by atoms with Crippen LogP contribution in [0.15, 0.2) is 71.6 Å². The standard InChI is InChI=1S/C26H28N6O5S/c1-4-21(27)26(33)29-16-8-7-9-20(14-16)38(34,35)32-25-24(30-22-10-5-6-11-23(22)31-25)28-17-12-18(36-2)15-19(13-17)37-3/h5-15,21H,4,27H2,1-3H3,(H,28,30)(H,29,33)(H,31,32)/t21-/m0/s1. The van der Waals surface area contributed by atoms with Crippen LogP contribution in [0.4, 0.5) is 23.0 Å². The zero-order valence-electron chi connectivity index (χ0n) is 21.1. The number of amides is 1. The zero-order valence-corrected chi connectivity index (χ0v) is 21.9. The molecule has 0 spiro atoms. The van der Waals surface area contributed by atoms with E-state index in [-0.39, 0.29) is 16.5 Å². The van der Waals surface area contributed by atoms with Crippen molar-refractivity contribution in [2.24, 2.45) is 5.73 Å². The van der Waals surface area contributed by atoms with Gasteiger partial charge in [0.05, 0.1) is 36.2 Å². The maximum atomic E-state index is 13.4. The Balaban J connectivity index is 1.71. The molecule has 198 valence electrons. The largest absolute Gasteiger partial charge is 0.497 e. The lowest BCUT2D eigenvalue weighted by Gasteiger charge is -2.15. The van der Waals surface area contributed by atoms with E-state index < -0.39 is 22.0 Å². The first-order valence-corrected chi connectivity index (χ1v) is 13.2. The van der Waals surface area contributed by atoms with Gasteiger partial charge in [-0.1, -0.05) is 25.1 Å². The molecule has 12 heteroatoms. The van der Waals surface area contributed by atoms with Crippen molar-refractivity contribution in [2.45, 2.75) is 24.3 Å². The highest BCUT2D eigenvalue weighted by Crippen LogP contribution is 2.31. The van der Waals surface area contributed by atoms with Crippen LogP contribution < -0.4 is 30.6 Å². The van der Waals surface area contributed by atoms with Crippen LogP contribution in [0.25, 0.3) is 11.0 Å². The summed E-state index contributed by atoms with van der Waals surface area (Å²) < 4.78 is 40.0. The van der Waals surface area contributed by atoms with E-state index in [1.807, 2.05) is 6.07 Å². The number of carbonyl (C=O) groups is 1. The summed E-state index contributed by atoms with van der Waals surface area (Å²) in [5, 5.41) is 5.75. The third-order valence-corrected chi connectivity index (χ3v) is 6.94. The number of hydrogen-bond acceptors (Lipinski definition) is 9. The second-order valence-corrected chi connectivity index (χ2v) is 9.96. The maximum Gasteiger partial charge on any atom is 0.263 e. The fourth-order valence-corrected chi connectivity index (χ4v) is 4.58. The van der Waals surface area contributed by atoms with Crippen molar-refractivity contribution < 1.29 is 22.7 Å². The Morgan fingerprint density at radius 1 is 0.895 bits per heavy atom. The molecule has 11 nitrogen and oxygen atoms in total. The normalized spacial score (nSPS) is 12.0. The predicted molar refractivity (Wildman–Crippen MR) is 147 cm³/mol. The quantitative estimate of drug-likeness (QED) is 0.236. The number of methoxy groups -OCH3 is 2. The molecule has 0 radical (unpaired) electrons. The number of nitrogens with zero attached hydrogens (tertiary/aromatic N) is 2. The molecular weight excluding hydrogens is 508 g/mol. The van der Waals surface area contributed by atoms with Gasteiger partial charge in [0.15, 0.2) is 11.6 Å². The zero-order chi connectivity index (χ0) is 27.3. The predicted octanol–water partition coefficient (Wildman–Crippen LogP) is 3.87. The first kappa shape index (κ1) is 26.6. The molecule has 4 aromatic rings. The topological polar surface area (TPSA) is 158 Å². The van der Waals surface area contributed by atoms with Gasteiger partial charge in [-0.25, -0.2) is 18.4 Å². The van der Waals surface area contributed by atoms with E-state index in [0.717, 1.165) is 0 Å². The summed E-state index contributed by atoms with van der Waals surface area (Å²) >= 11 is 0. The summed E-state index contributed by atoms with van der Waals surface area (Å²) in [4.78, 5) is 21.2. The number of hydrogen-bond donors (Lipinski definition) is 4. The molecule has 1 heterocycles. The van der Waals surface area contributed by atoms with Crippen molar-refractivity contribution >= 4 is 50.0 Å². The minimum atomic E-state index is -4.13. The van der Waals surface area contributed by atoms with Crippen LogP contribution in [-0.4, -0.2) is 44.6 Å². The molecule has 4 rings (SSSR count). The minimum Gasteiger partial charge on any atom is -0.497 e. The van der Waals surface area contributed by atoms with E-state index in [9.17, 15) is 13.2 Å². The van der Waals surface area contributed by atoms with Gasteiger partial charge in [-0.05, 0) is 36.8 Å². The van der Waals surface area contributed by atoms with Crippen LogP contribution in [-0.2, 0) is 14.8 Å². The summed E-state index contributed by atoms with van der Waals surface area (Å²) in [7, 11) is -1.07. The van der Waals surface area contributed by atoms with Gasteiger partial charge in [0.1, 0.15) is 11.5 Å². The second kappa shape index (κ2) is 11.3. The molecule has 0 saturated carbocycles. The van der Waals surface area contributed by atoms with Crippen LogP contribution in [0.2, 0.25) is 0 Å². The molecule has 0 fully saturated rings. The highest BCUT2D eigenvalue weighted by molar-refractivity contribution is 7.92. The third-order valence-electron chi connectivity index (χ3n) is 5.60. The van der Waals surface area contributed by atoms with Gasteiger partial charge in [0, 0.05) is 29.6 Å². The number of fused-ring (bicyclic) bond motifs is 1. The first-order valence-electron chi connectivity index (χ1n) is 11.7. The molecule has 0 aliphatic carbocycles. The monoisotopic (exact) mass is 536 g/mol. The van der Waals surface area contributed by atoms with Gasteiger partial charge in [-0.2, -0.15) is 0 Å². The lowest BCUT2D eigenvalue weighted by Crippen LogP contribution is -2.34. The molecule has 0 bridgehead atoms. The molecule has 0 aliphatic heterocycles. The van der Waals surface area contributed by atoms with Crippen molar-refractivity contribution in [1.29, 1.82) is 0 Å². The van der Waals surface area contributed by atoms with E-state index in [1.54, 1.807) is 49.4 Å². The van der Waals surface area contributed by atoms with E-state index in [1.165, 1.54) is 32.4 Å². The Kier molecular flexibility index (Phi) is 7.93. The molecule has 0 saturated heterocycles. The van der Waals surface area contributed by atoms with E-state index in [2.05, 4.69) is 25.3 Å². The maximum absolute atomic E-state index is 13.4. The highest BCUT2D eigenvalue weighted by atomic mass is 32.2. The number of anilines is 4. The number of benzene rings is 3. The summed E-state index contributed by atoms with van der Waals surface area (Å²) in [5.41, 5.74) is 7.67. The second-order valence-electron chi connectivity index (χ2n) is 8.27. The van der Waals surface area contributed by atoms with Gasteiger partial charge in [0.25, 0.3) is 10.0 Å². The van der Waals surface area contributed by atoms with Gasteiger partial charge < -0.3 is 25.8 Å². The molecule has 0 aliphatic rings. The van der Waals surface area contributed by atoms with Gasteiger partial charge >= 0.3 is 0 Å². The Labute approximate surface area is 220 Å². The average molecular weight is 537 g/mol. The SMILES string of the molecule is CC[C@H](N)C(=O)Nc1cccc(S(=O)(=O)Nc2nc3ccccc3nc2Nc2cc(OC)cc(OC)c2)c1. The fourth-order valence-electron chi connectivity index (χ4n) is 3.52. The Morgan fingerprint density at radius 2 is 1.53 bits per heavy atom. The van der Waals surface area contributed by atoms with Crippen molar-refractivity contribution in [3.8, 4) is 11.5 Å². The molecule has 38 heavy (non-hydrogen) atoms. The van der Waals surface area contributed by atoms with Crippen molar-refractivity contribution in [2.75, 3.05) is 29.6 Å². The van der Waals surface area contributed by atoms with Crippen molar-refractivity contribution in [3.05, 3.63) is 66.7 Å². The summed E-state index contributed by atoms with van der Waals surface area (Å²) in [6.07, 6.45) is 0.445. The third kappa shape index (κ3) is 6.10. The van der Waals surface area contributed by atoms with Crippen LogP contribution in [0.3, 0.4) is 0 Å². The van der Waals surface area contributed by atoms with Crippen LogP contribution >= 0.6 is 0 Å². The molecule has 1 amide bonds. The molecule has 0 unspecified atom stereocenters. The number of sulfonamides is 1. The lowest BCUT2D eigenvalue weighted by atomic mass is 10.2. The van der Waals surface area contributed by atoms with E-state index >= 15 is 0 Å². The summed E-state index contributed by atoms with van der Waals surface area (Å²) in [5.74, 6) is 0.804. The average Bonchev–Trinajstić information content (AvgIpc) is 2.92. The summed E-state index contributed by atoms with van der Waals surface area (Å²) in [6.45, 7) is 1.78. The molecule has 1 atom stereocenters. The number of ether oxygens (including phenoxy) is 2. The number of rotatable bonds is 10. The number of para-hydroxylation sites is 2. The van der Waals surface area contributed by atoms with Crippen LogP contribution in [0.5, 0.6) is 11.5 Å². The number of carbonyl (C=O) groups excluding carboxylic acids is 1. The summed E-state index contributed by atoms with van der Waals surface area (Å²) in [6, 6.07) is 17.4. The smallest absolute Gasteiger partial charge is 0.263 e. The van der Waals surface area contributed by atoms with Gasteiger partial charge in [-0.3, -0.25) is 9.52 Å². The fraction of sp³-hybridized carbons (Fsp3) is 0.192. The first-order chi connectivity index (χ1) is 18.2. The molecular formula is C26H28N6O5S.